The molecule has 0 saturated heterocycles. The summed E-state index contributed by atoms with van der Waals surface area (Å²) < 4.78 is 57.6. The Hall–Kier alpha value is -3.49. The Bertz CT molecular complexity index is 1320. The lowest BCUT2D eigenvalue weighted by atomic mass is 10.1. The number of ketones is 1. The van der Waals surface area contributed by atoms with Crippen LogP contribution in [0.2, 0.25) is 0 Å². The Morgan fingerprint density at radius 1 is 1.28 bits per heavy atom. The molecule has 1 saturated carbocycles. The van der Waals surface area contributed by atoms with Crippen molar-refractivity contribution < 1.29 is 30.9 Å². The summed E-state index contributed by atoms with van der Waals surface area (Å²) >= 11 is 0. The van der Waals surface area contributed by atoms with Crippen molar-refractivity contribution in [3.05, 3.63) is 65.9 Å². The number of carbonyl (C=O) groups excluding carboxylic acids is 1. The van der Waals surface area contributed by atoms with E-state index in [0.29, 0.717) is 17.8 Å². The second kappa shape index (κ2) is 11.1. The standard InChI is InChI=1S/C22H24F2N6O5S/c23-22(24)35-17-3-1-2-14(9-17)11-30-7-6-19(29-30)20(31)18-10-26-13-27-21(18)28-16-5-4-15(8-16)12-34-36(25,32)33/h1-3,6-7,9-10,13,15-16,22H,4-5,8,11-12H2,(H2,25,32,33)(H,26,27,28). The van der Waals surface area contributed by atoms with Gasteiger partial charge in [0.1, 0.15) is 23.6 Å². The van der Waals surface area contributed by atoms with Crippen LogP contribution in [0.4, 0.5) is 14.6 Å². The van der Waals surface area contributed by atoms with Crippen LogP contribution >= 0.6 is 0 Å². The highest BCUT2D eigenvalue weighted by molar-refractivity contribution is 7.84. The molecule has 2 aromatic heterocycles. The monoisotopic (exact) mass is 522 g/mol. The second-order valence-electron chi connectivity index (χ2n) is 8.34. The van der Waals surface area contributed by atoms with Gasteiger partial charge in [0, 0.05) is 18.4 Å². The van der Waals surface area contributed by atoms with Crippen LogP contribution in [0.5, 0.6) is 5.75 Å². The van der Waals surface area contributed by atoms with E-state index in [0.717, 1.165) is 12.8 Å². The van der Waals surface area contributed by atoms with Gasteiger partial charge in [-0.05, 0) is 48.9 Å². The number of carbonyl (C=O) groups is 1. The summed E-state index contributed by atoms with van der Waals surface area (Å²) in [4.78, 5) is 21.3. The summed E-state index contributed by atoms with van der Waals surface area (Å²) in [5, 5.41) is 12.4. The maximum Gasteiger partial charge on any atom is 0.387 e. The minimum absolute atomic E-state index is 0.00117. The van der Waals surface area contributed by atoms with Crippen molar-refractivity contribution in [2.24, 2.45) is 11.1 Å². The minimum Gasteiger partial charge on any atom is -0.435 e. The maximum atomic E-state index is 13.2. The van der Waals surface area contributed by atoms with E-state index < -0.39 is 22.7 Å². The molecule has 3 aromatic rings. The summed E-state index contributed by atoms with van der Waals surface area (Å²) in [6.07, 6.45) is 6.42. The fraction of sp³-hybridized carbons (Fsp3) is 0.364. The zero-order chi connectivity index (χ0) is 25.7. The lowest BCUT2D eigenvalue weighted by Gasteiger charge is -2.15. The normalized spacial score (nSPS) is 17.9. The highest BCUT2D eigenvalue weighted by Gasteiger charge is 2.28. The fourth-order valence-electron chi connectivity index (χ4n) is 4.07. The lowest BCUT2D eigenvalue weighted by molar-refractivity contribution is -0.0498. The van der Waals surface area contributed by atoms with Crippen molar-refractivity contribution in [2.75, 3.05) is 11.9 Å². The number of halogens is 2. The van der Waals surface area contributed by atoms with E-state index >= 15 is 0 Å². The Labute approximate surface area is 205 Å². The number of alkyl halides is 2. The van der Waals surface area contributed by atoms with Crippen LogP contribution in [0.1, 0.15) is 40.9 Å². The predicted octanol–water partition coefficient (Wildman–Crippen LogP) is 2.35. The number of hydrogen-bond acceptors (Lipinski definition) is 9. The molecule has 2 unspecified atom stereocenters. The van der Waals surface area contributed by atoms with E-state index in [2.05, 4.69) is 25.1 Å². The van der Waals surface area contributed by atoms with Crippen molar-refractivity contribution >= 4 is 21.9 Å². The van der Waals surface area contributed by atoms with Gasteiger partial charge in [0.15, 0.2) is 0 Å². The summed E-state index contributed by atoms with van der Waals surface area (Å²) in [6.45, 7) is -2.68. The molecule has 0 amide bonds. The van der Waals surface area contributed by atoms with Gasteiger partial charge in [-0.2, -0.15) is 22.3 Å². The Kier molecular flexibility index (Phi) is 7.86. The van der Waals surface area contributed by atoms with Crippen molar-refractivity contribution in [1.29, 1.82) is 0 Å². The van der Waals surface area contributed by atoms with Crippen molar-refractivity contribution in [2.45, 2.75) is 38.5 Å². The van der Waals surface area contributed by atoms with Gasteiger partial charge in [-0.25, -0.2) is 15.1 Å². The predicted molar refractivity (Wildman–Crippen MR) is 124 cm³/mol. The maximum absolute atomic E-state index is 13.2. The minimum atomic E-state index is -3.99. The molecule has 3 N–H and O–H groups in total. The first kappa shape index (κ1) is 25.6. The molecule has 1 aromatic carbocycles. The SMILES string of the molecule is NS(=O)(=O)OCC1CCC(Nc2ncncc2C(=O)c2ccn(Cc3cccc(OC(F)F)c3)n2)C1. The molecule has 14 heteroatoms. The van der Waals surface area contributed by atoms with E-state index in [4.69, 9.17) is 9.32 Å². The molecule has 1 fully saturated rings. The average Bonchev–Trinajstić information content (AvgIpc) is 3.47. The highest BCUT2D eigenvalue weighted by Crippen LogP contribution is 2.29. The molecule has 36 heavy (non-hydrogen) atoms. The topological polar surface area (TPSA) is 151 Å². The Morgan fingerprint density at radius 2 is 2.11 bits per heavy atom. The zero-order valence-corrected chi connectivity index (χ0v) is 19.8. The van der Waals surface area contributed by atoms with E-state index in [1.54, 1.807) is 24.4 Å². The van der Waals surface area contributed by atoms with Gasteiger partial charge < -0.3 is 10.1 Å². The van der Waals surface area contributed by atoms with Crippen molar-refractivity contribution in [1.82, 2.24) is 19.7 Å². The number of nitrogens with two attached hydrogens (primary N) is 1. The van der Waals surface area contributed by atoms with Crippen LogP contribution in [-0.2, 0) is 21.0 Å². The molecule has 0 radical (unpaired) electrons. The number of aromatic nitrogens is 4. The van der Waals surface area contributed by atoms with Crippen molar-refractivity contribution in [3.8, 4) is 5.75 Å². The van der Waals surface area contributed by atoms with E-state index in [-0.39, 0.29) is 42.1 Å². The molecule has 1 aliphatic carbocycles. The first-order valence-electron chi connectivity index (χ1n) is 11.0. The summed E-state index contributed by atoms with van der Waals surface area (Å²) in [5.41, 5.74) is 1.07. The molecule has 192 valence electrons. The third-order valence-electron chi connectivity index (χ3n) is 5.65. The number of ether oxygens (including phenoxy) is 1. The second-order valence-corrected chi connectivity index (χ2v) is 9.56. The smallest absolute Gasteiger partial charge is 0.387 e. The van der Waals surface area contributed by atoms with Crippen LogP contribution in [0.3, 0.4) is 0 Å². The quantitative estimate of drug-likeness (QED) is 0.362. The van der Waals surface area contributed by atoms with E-state index in [1.165, 1.54) is 29.3 Å². The van der Waals surface area contributed by atoms with Gasteiger partial charge in [-0.3, -0.25) is 13.7 Å². The van der Waals surface area contributed by atoms with Crippen LogP contribution in [0.15, 0.2) is 49.1 Å². The molecule has 1 aliphatic rings. The molecular formula is C22H24F2N6O5S. The molecule has 0 bridgehead atoms. The number of anilines is 1. The average molecular weight is 523 g/mol. The van der Waals surface area contributed by atoms with Crippen LogP contribution in [0.25, 0.3) is 0 Å². The van der Waals surface area contributed by atoms with Crippen LogP contribution in [-0.4, -0.2) is 53.2 Å². The Balaban J connectivity index is 1.41. The van der Waals surface area contributed by atoms with Gasteiger partial charge in [-0.15, -0.1) is 0 Å². The molecule has 4 rings (SSSR count). The van der Waals surface area contributed by atoms with Crippen LogP contribution in [0, 0.1) is 5.92 Å². The number of rotatable bonds is 11. The van der Waals surface area contributed by atoms with Gasteiger partial charge in [0.2, 0.25) is 5.78 Å². The van der Waals surface area contributed by atoms with E-state index in [9.17, 15) is 22.0 Å². The zero-order valence-electron chi connectivity index (χ0n) is 19.0. The molecular weight excluding hydrogens is 498 g/mol. The molecule has 11 nitrogen and oxygen atoms in total. The van der Waals surface area contributed by atoms with E-state index in [1.807, 2.05) is 0 Å². The lowest BCUT2D eigenvalue weighted by Crippen LogP contribution is -2.22. The largest absolute Gasteiger partial charge is 0.435 e. The molecule has 2 atom stereocenters. The Morgan fingerprint density at radius 3 is 2.89 bits per heavy atom. The molecule has 2 heterocycles. The number of benzene rings is 1. The third-order valence-corrected chi connectivity index (χ3v) is 6.11. The summed E-state index contributed by atoms with van der Waals surface area (Å²) in [6, 6.07) is 7.74. The van der Waals surface area contributed by atoms with Gasteiger partial charge in [0.05, 0.1) is 18.7 Å². The fourth-order valence-corrected chi connectivity index (χ4v) is 4.45. The number of nitrogens with zero attached hydrogens (tertiary/aromatic N) is 4. The third kappa shape index (κ3) is 7.02. The number of hydrogen-bond donors (Lipinski definition) is 2. The van der Waals surface area contributed by atoms with Crippen LogP contribution < -0.4 is 15.2 Å². The van der Waals surface area contributed by atoms with Gasteiger partial charge in [0.25, 0.3) is 0 Å². The highest BCUT2D eigenvalue weighted by atomic mass is 32.2. The first-order valence-corrected chi connectivity index (χ1v) is 12.5. The van der Waals surface area contributed by atoms with Gasteiger partial charge >= 0.3 is 16.9 Å². The van der Waals surface area contributed by atoms with Crippen molar-refractivity contribution in [3.63, 3.8) is 0 Å². The molecule has 0 aliphatic heterocycles. The first-order chi connectivity index (χ1) is 17.2. The summed E-state index contributed by atoms with van der Waals surface area (Å²) in [7, 11) is -3.99. The molecule has 0 spiro atoms. The van der Waals surface area contributed by atoms with Gasteiger partial charge in [-0.1, -0.05) is 12.1 Å². The summed E-state index contributed by atoms with van der Waals surface area (Å²) in [5.74, 6) is -0.00580. The number of nitrogens with one attached hydrogen (secondary N) is 1.